The van der Waals surface area contributed by atoms with Crippen molar-refractivity contribution >= 4 is 17.9 Å². The Hall–Kier alpha value is -5.75. The lowest BCUT2D eigenvalue weighted by Gasteiger charge is -2.18. The zero-order chi connectivity index (χ0) is 59.9. The molecular formula is C77H118O6. The molecule has 0 aromatic rings. The summed E-state index contributed by atoms with van der Waals surface area (Å²) in [6, 6.07) is 0. The summed E-state index contributed by atoms with van der Waals surface area (Å²) in [5, 5.41) is 0. The molecule has 0 aromatic heterocycles. The molecule has 0 aliphatic carbocycles. The Kier molecular flexibility index (Phi) is 64.0. The van der Waals surface area contributed by atoms with E-state index in [1.165, 1.54) is 25.7 Å². The van der Waals surface area contributed by atoms with Crippen molar-refractivity contribution in [3.05, 3.63) is 194 Å². The Labute approximate surface area is 509 Å². The Morgan fingerprint density at radius 1 is 0.241 bits per heavy atom. The van der Waals surface area contributed by atoms with Gasteiger partial charge in [0.1, 0.15) is 13.2 Å². The summed E-state index contributed by atoms with van der Waals surface area (Å²) < 4.78 is 16.9. The number of hydrogen-bond acceptors (Lipinski definition) is 6. The van der Waals surface area contributed by atoms with E-state index in [4.69, 9.17) is 14.2 Å². The zero-order valence-corrected chi connectivity index (χ0v) is 52.9. The van der Waals surface area contributed by atoms with Crippen molar-refractivity contribution in [3.8, 4) is 0 Å². The van der Waals surface area contributed by atoms with Crippen molar-refractivity contribution in [3.63, 3.8) is 0 Å². The van der Waals surface area contributed by atoms with Crippen LogP contribution < -0.4 is 0 Å². The Bertz CT molecular complexity index is 1990. The van der Waals surface area contributed by atoms with Crippen LogP contribution in [0.15, 0.2) is 194 Å². The quantitative estimate of drug-likeness (QED) is 0.0261. The van der Waals surface area contributed by atoms with E-state index >= 15 is 0 Å². The average Bonchev–Trinajstić information content (AvgIpc) is 3.49. The van der Waals surface area contributed by atoms with E-state index in [9.17, 15) is 14.4 Å². The number of unbranched alkanes of at least 4 members (excludes halogenated alkanes) is 14. The number of carbonyl (C=O) groups excluding carboxylic acids is 3. The monoisotopic (exact) mass is 1140 g/mol. The van der Waals surface area contributed by atoms with Crippen LogP contribution in [0, 0.1) is 0 Å². The standard InChI is InChI=1S/C77H118O6/c1-4-7-10-13-16-19-22-25-28-31-33-35-36-37-38-39-40-42-43-46-49-52-55-58-61-64-67-70-76(79)82-73-74(72-81-75(78)69-66-63-60-57-54-51-48-45-30-27-24-21-18-15-12-9-6-3)83-77(80)71-68-65-62-59-56-53-50-47-44-41-34-32-29-26-23-20-17-14-11-8-5-2/h7-12,16-21,25-30,33-35,37-38,40-42,46-47,49-50,55,58,74H,4-6,13-15,22-24,31-32,36,39,43-45,48,51-54,56-57,59-73H2,1-3H3/b10-7-,11-8-,12-9-,19-16-,20-17-,21-18-,28-25-,29-26-,30-27-,35-33-,38-37-,41-34-,42-40-,49-46-,50-47-,58-55-. The van der Waals surface area contributed by atoms with E-state index in [0.29, 0.717) is 12.8 Å². The number of rotatable bonds is 57. The fraction of sp³-hybridized carbons (Fsp3) is 0.545. The van der Waals surface area contributed by atoms with Crippen molar-refractivity contribution in [2.45, 2.75) is 258 Å². The van der Waals surface area contributed by atoms with Crippen LogP contribution in [0.25, 0.3) is 0 Å². The molecule has 6 heteroatoms. The van der Waals surface area contributed by atoms with Crippen LogP contribution in [-0.2, 0) is 28.6 Å². The van der Waals surface area contributed by atoms with Crippen LogP contribution in [0.4, 0.5) is 0 Å². The Morgan fingerprint density at radius 3 is 0.699 bits per heavy atom. The van der Waals surface area contributed by atoms with Gasteiger partial charge in [0.25, 0.3) is 0 Å². The van der Waals surface area contributed by atoms with Crippen LogP contribution >= 0.6 is 0 Å². The van der Waals surface area contributed by atoms with E-state index in [1.54, 1.807) is 0 Å². The van der Waals surface area contributed by atoms with Gasteiger partial charge in [-0.25, -0.2) is 0 Å². The van der Waals surface area contributed by atoms with Gasteiger partial charge in [-0.3, -0.25) is 14.4 Å². The van der Waals surface area contributed by atoms with Gasteiger partial charge >= 0.3 is 17.9 Å². The SMILES string of the molecule is CC/C=C\C/C=C\C/C=C\C/C=C\C/C=C\C/C=C\C/C=C\C/C=C\CCCCC(=O)OCC(COC(=O)CCCCCCCCC/C=C\C/C=C\C/C=C\CC)OC(=O)CCCCCCC/C=C\C/C=C\C/C=C\C/C=C\C/C=C\CC. The molecule has 83 heavy (non-hydrogen) atoms. The molecule has 0 amide bonds. The minimum atomic E-state index is -0.825. The summed E-state index contributed by atoms with van der Waals surface area (Å²) in [5.41, 5.74) is 0. The molecule has 0 aromatic carbocycles. The largest absolute Gasteiger partial charge is 0.462 e. The van der Waals surface area contributed by atoms with Crippen LogP contribution in [0.5, 0.6) is 0 Å². The highest BCUT2D eigenvalue weighted by molar-refractivity contribution is 5.71. The number of esters is 3. The third-order valence-corrected chi connectivity index (χ3v) is 13.1. The minimum Gasteiger partial charge on any atom is -0.462 e. The summed E-state index contributed by atoms with van der Waals surface area (Å²) in [7, 11) is 0. The first kappa shape index (κ1) is 77.2. The molecule has 0 bridgehead atoms. The molecule has 1 unspecified atom stereocenters. The van der Waals surface area contributed by atoms with Gasteiger partial charge in [-0.1, -0.05) is 267 Å². The first-order valence-corrected chi connectivity index (χ1v) is 32.9. The molecule has 0 N–H and O–H groups in total. The third kappa shape index (κ3) is 66.9. The molecule has 0 saturated heterocycles. The van der Waals surface area contributed by atoms with Gasteiger partial charge in [0.2, 0.25) is 0 Å². The molecular weight excluding hydrogens is 1020 g/mol. The second kappa shape index (κ2) is 68.7. The van der Waals surface area contributed by atoms with Crippen molar-refractivity contribution in [2.75, 3.05) is 13.2 Å². The number of carbonyl (C=O) groups is 3. The highest BCUT2D eigenvalue weighted by atomic mass is 16.6. The highest BCUT2D eigenvalue weighted by Crippen LogP contribution is 2.14. The first-order chi connectivity index (χ1) is 41.0. The maximum Gasteiger partial charge on any atom is 0.306 e. The van der Waals surface area contributed by atoms with E-state index in [0.717, 1.165) is 180 Å². The van der Waals surface area contributed by atoms with Crippen molar-refractivity contribution in [1.29, 1.82) is 0 Å². The predicted octanol–water partition coefficient (Wildman–Crippen LogP) is 23.0. The summed E-state index contributed by atoms with van der Waals surface area (Å²) in [4.78, 5) is 38.4. The molecule has 0 aliphatic rings. The second-order valence-electron chi connectivity index (χ2n) is 20.9. The van der Waals surface area contributed by atoms with E-state index < -0.39 is 6.10 Å². The average molecular weight is 1140 g/mol. The van der Waals surface area contributed by atoms with E-state index in [2.05, 4.69) is 215 Å². The van der Waals surface area contributed by atoms with Crippen LogP contribution in [0.3, 0.4) is 0 Å². The fourth-order valence-electron chi connectivity index (χ4n) is 8.26. The van der Waals surface area contributed by atoms with Gasteiger partial charge < -0.3 is 14.2 Å². The molecule has 0 spiro atoms. The lowest BCUT2D eigenvalue weighted by Crippen LogP contribution is -2.30. The molecule has 0 aliphatic heterocycles. The normalized spacial score (nSPS) is 13.4. The molecule has 462 valence electrons. The van der Waals surface area contributed by atoms with Crippen molar-refractivity contribution in [2.24, 2.45) is 0 Å². The molecule has 1 atom stereocenters. The maximum absolute atomic E-state index is 12.9. The Balaban J connectivity index is 4.56. The molecule has 0 heterocycles. The fourth-order valence-corrected chi connectivity index (χ4v) is 8.26. The zero-order valence-electron chi connectivity index (χ0n) is 52.9. The summed E-state index contributed by atoms with van der Waals surface area (Å²) >= 11 is 0. The van der Waals surface area contributed by atoms with Crippen molar-refractivity contribution in [1.82, 2.24) is 0 Å². The molecule has 6 nitrogen and oxygen atoms in total. The summed E-state index contributed by atoms with van der Waals surface area (Å²) in [6.45, 7) is 6.23. The third-order valence-electron chi connectivity index (χ3n) is 13.1. The van der Waals surface area contributed by atoms with Crippen LogP contribution in [0.1, 0.15) is 252 Å². The molecule has 0 fully saturated rings. The van der Waals surface area contributed by atoms with E-state index in [-0.39, 0.29) is 44.0 Å². The smallest absolute Gasteiger partial charge is 0.306 e. The number of ether oxygens (including phenoxy) is 3. The van der Waals surface area contributed by atoms with E-state index in [1.807, 2.05) is 0 Å². The van der Waals surface area contributed by atoms with Crippen molar-refractivity contribution < 1.29 is 28.6 Å². The van der Waals surface area contributed by atoms with Gasteiger partial charge in [-0.2, -0.15) is 0 Å². The molecule has 0 radical (unpaired) electrons. The van der Waals surface area contributed by atoms with Crippen LogP contribution in [0.2, 0.25) is 0 Å². The van der Waals surface area contributed by atoms with Gasteiger partial charge in [-0.05, 0) is 161 Å². The lowest BCUT2D eigenvalue weighted by molar-refractivity contribution is -0.167. The van der Waals surface area contributed by atoms with Gasteiger partial charge in [0.05, 0.1) is 0 Å². The number of hydrogen-bond donors (Lipinski definition) is 0. The second-order valence-corrected chi connectivity index (χ2v) is 20.9. The highest BCUT2D eigenvalue weighted by Gasteiger charge is 2.19. The topological polar surface area (TPSA) is 78.9 Å². The van der Waals surface area contributed by atoms with Gasteiger partial charge in [0.15, 0.2) is 6.10 Å². The summed E-state index contributed by atoms with van der Waals surface area (Å²) in [5.74, 6) is -0.997. The lowest BCUT2D eigenvalue weighted by atomic mass is 10.1. The minimum absolute atomic E-state index is 0.116. The number of allylic oxidation sites excluding steroid dienone is 32. The van der Waals surface area contributed by atoms with Crippen LogP contribution in [-0.4, -0.2) is 37.2 Å². The molecule has 0 rings (SSSR count). The molecule has 0 saturated carbocycles. The predicted molar refractivity (Wildman–Crippen MR) is 361 cm³/mol. The first-order valence-electron chi connectivity index (χ1n) is 32.9. The van der Waals surface area contributed by atoms with Gasteiger partial charge in [-0.15, -0.1) is 0 Å². The van der Waals surface area contributed by atoms with Gasteiger partial charge in [0, 0.05) is 19.3 Å². The Morgan fingerprint density at radius 2 is 0.434 bits per heavy atom. The summed E-state index contributed by atoms with van der Waals surface area (Å²) in [6.07, 6.45) is 104. The maximum atomic E-state index is 12.9.